The fourth-order valence-corrected chi connectivity index (χ4v) is 3.27. The molecule has 3 aromatic carbocycles. The highest BCUT2D eigenvalue weighted by Crippen LogP contribution is 2.23. The number of anilines is 1. The standard InChI is InChI=1S/C23H20N4O2/c1-24-21(18-10-3-2-7-15(18)14-28)25-16-8-6-9-17(13-16)26-22-19-11-4-5-12-20(19)23(29)27-22/h2-13,28H,14H2,1H3,(H,24,25)(H,26,27,29). The maximum Gasteiger partial charge on any atom is 0.257 e. The van der Waals surface area contributed by atoms with E-state index >= 15 is 0 Å². The van der Waals surface area contributed by atoms with Gasteiger partial charge in [0.1, 0.15) is 11.7 Å². The lowest BCUT2D eigenvalue weighted by Gasteiger charge is -2.13. The molecule has 0 spiro atoms. The molecule has 0 unspecified atom stereocenters. The van der Waals surface area contributed by atoms with Gasteiger partial charge in [-0.1, -0.05) is 48.5 Å². The Balaban J connectivity index is 1.62. The first-order valence-electron chi connectivity index (χ1n) is 9.22. The zero-order valence-corrected chi connectivity index (χ0v) is 15.9. The van der Waals surface area contributed by atoms with Gasteiger partial charge in [-0.25, -0.2) is 4.99 Å². The molecule has 0 atom stereocenters. The van der Waals surface area contributed by atoms with Gasteiger partial charge in [-0.05, 0) is 29.8 Å². The smallest absolute Gasteiger partial charge is 0.257 e. The Kier molecular flexibility index (Phi) is 5.18. The van der Waals surface area contributed by atoms with E-state index < -0.39 is 0 Å². The zero-order valence-electron chi connectivity index (χ0n) is 15.9. The lowest BCUT2D eigenvalue weighted by atomic mass is 10.1. The van der Waals surface area contributed by atoms with Crippen LogP contribution in [0, 0.1) is 0 Å². The Labute approximate surface area is 168 Å². The third-order valence-corrected chi connectivity index (χ3v) is 4.67. The van der Waals surface area contributed by atoms with Crippen molar-refractivity contribution in [1.82, 2.24) is 5.32 Å². The SMILES string of the molecule is CN=C(Nc1cccc(N=C2NC(=O)c3ccccc32)c1)c1ccccc1CO. The van der Waals surface area contributed by atoms with Crippen molar-refractivity contribution in [1.29, 1.82) is 0 Å². The minimum Gasteiger partial charge on any atom is -0.392 e. The van der Waals surface area contributed by atoms with Crippen LogP contribution in [0.4, 0.5) is 11.4 Å². The van der Waals surface area contributed by atoms with Crippen LogP contribution in [0.1, 0.15) is 27.0 Å². The van der Waals surface area contributed by atoms with E-state index in [2.05, 4.69) is 20.6 Å². The van der Waals surface area contributed by atoms with Gasteiger partial charge in [0, 0.05) is 23.9 Å². The molecule has 29 heavy (non-hydrogen) atoms. The first-order chi connectivity index (χ1) is 14.2. The van der Waals surface area contributed by atoms with E-state index in [1.165, 1.54) is 0 Å². The Morgan fingerprint density at radius 2 is 1.76 bits per heavy atom. The van der Waals surface area contributed by atoms with Gasteiger partial charge in [-0.2, -0.15) is 0 Å². The summed E-state index contributed by atoms with van der Waals surface area (Å²) in [7, 11) is 1.70. The molecule has 0 aliphatic carbocycles. The lowest BCUT2D eigenvalue weighted by molar-refractivity contribution is 0.0983. The van der Waals surface area contributed by atoms with E-state index in [4.69, 9.17) is 0 Å². The van der Waals surface area contributed by atoms with Crippen LogP contribution in [0.5, 0.6) is 0 Å². The average Bonchev–Trinajstić information content (AvgIpc) is 3.08. The molecule has 144 valence electrons. The molecular formula is C23H20N4O2. The predicted octanol–water partition coefficient (Wildman–Crippen LogP) is 3.49. The summed E-state index contributed by atoms with van der Waals surface area (Å²) in [6.07, 6.45) is 0. The molecule has 1 aliphatic heterocycles. The normalized spacial score (nSPS) is 14.6. The van der Waals surface area contributed by atoms with Crippen molar-refractivity contribution >= 4 is 29.0 Å². The van der Waals surface area contributed by atoms with Crippen LogP contribution >= 0.6 is 0 Å². The van der Waals surface area contributed by atoms with E-state index in [0.29, 0.717) is 22.9 Å². The van der Waals surface area contributed by atoms with Gasteiger partial charge in [0.15, 0.2) is 0 Å². The average molecular weight is 384 g/mol. The summed E-state index contributed by atoms with van der Waals surface area (Å²) in [5, 5.41) is 15.7. The van der Waals surface area contributed by atoms with Crippen molar-refractivity contribution < 1.29 is 9.90 Å². The number of hydrogen-bond acceptors (Lipinski definition) is 4. The van der Waals surface area contributed by atoms with Crippen LogP contribution in [0.3, 0.4) is 0 Å². The zero-order chi connectivity index (χ0) is 20.2. The molecular weight excluding hydrogens is 364 g/mol. The highest BCUT2D eigenvalue weighted by Gasteiger charge is 2.24. The number of carbonyl (C=O) groups is 1. The van der Waals surface area contributed by atoms with Gasteiger partial charge in [-0.15, -0.1) is 0 Å². The van der Waals surface area contributed by atoms with Crippen molar-refractivity contribution in [3.63, 3.8) is 0 Å². The number of aliphatic hydroxyl groups excluding tert-OH is 1. The molecule has 1 heterocycles. The van der Waals surface area contributed by atoms with E-state index in [-0.39, 0.29) is 12.5 Å². The van der Waals surface area contributed by atoms with E-state index in [1.54, 1.807) is 13.1 Å². The van der Waals surface area contributed by atoms with Crippen LogP contribution in [0.25, 0.3) is 0 Å². The summed E-state index contributed by atoms with van der Waals surface area (Å²) in [6.45, 7) is -0.0658. The summed E-state index contributed by atoms with van der Waals surface area (Å²) in [6, 6.07) is 22.5. The van der Waals surface area contributed by atoms with Gasteiger partial charge >= 0.3 is 0 Å². The quantitative estimate of drug-likeness (QED) is 0.475. The number of nitrogens with one attached hydrogen (secondary N) is 2. The topological polar surface area (TPSA) is 86.1 Å². The van der Waals surface area contributed by atoms with Gasteiger partial charge in [-0.3, -0.25) is 9.79 Å². The molecule has 6 heteroatoms. The largest absolute Gasteiger partial charge is 0.392 e. The fraction of sp³-hybridized carbons (Fsp3) is 0.0870. The number of benzene rings is 3. The van der Waals surface area contributed by atoms with Crippen molar-refractivity contribution in [2.45, 2.75) is 6.61 Å². The molecule has 0 saturated heterocycles. The van der Waals surface area contributed by atoms with Gasteiger partial charge < -0.3 is 15.7 Å². The van der Waals surface area contributed by atoms with Crippen LogP contribution in [-0.4, -0.2) is 29.7 Å². The number of carbonyl (C=O) groups excluding carboxylic acids is 1. The van der Waals surface area contributed by atoms with Crippen molar-refractivity contribution in [3.8, 4) is 0 Å². The van der Waals surface area contributed by atoms with Crippen molar-refractivity contribution in [2.75, 3.05) is 12.4 Å². The summed E-state index contributed by atoms with van der Waals surface area (Å²) in [5.74, 6) is 1.05. The number of fused-ring (bicyclic) bond motifs is 1. The highest BCUT2D eigenvalue weighted by atomic mass is 16.3. The summed E-state index contributed by atoms with van der Waals surface area (Å²) < 4.78 is 0. The number of hydrogen-bond donors (Lipinski definition) is 3. The van der Waals surface area contributed by atoms with Crippen LogP contribution in [-0.2, 0) is 6.61 Å². The molecule has 1 aliphatic rings. The summed E-state index contributed by atoms with van der Waals surface area (Å²) in [5.41, 5.74) is 4.56. The second-order valence-corrected chi connectivity index (χ2v) is 6.52. The molecule has 0 radical (unpaired) electrons. The molecule has 3 N–H and O–H groups in total. The van der Waals surface area contributed by atoms with Gasteiger partial charge in [0.05, 0.1) is 17.9 Å². The van der Waals surface area contributed by atoms with Gasteiger partial charge in [0.2, 0.25) is 0 Å². The van der Waals surface area contributed by atoms with Gasteiger partial charge in [0.25, 0.3) is 5.91 Å². The number of aliphatic imine (C=N–C) groups is 2. The summed E-state index contributed by atoms with van der Waals surface area (Å²) >= 11 is 0. The first kappa shape index (κ1) is 18.6. The minimum atomic E-state index is -0.144. The Bertz CT molecular complexity index is 1130. The fourth-order valence-electron chi connectivity index (χ4n) is 3.27. The molecule has 0 fully saturated rings. The molecule has 6 nitrogen and oxygen atoms in total. The molecule has 0 aromatic heterocycles. The van der Waals surface area contributed by atoms with Crippen LogP contribution in [0.2, 0.25) is 0 Å². The Hall–Kier alpha value is -3.77. The van der Waals surface area contributed by atoms with E-state index in [1.807, 2.05) is 66.7 Å². The molecule has 0 bridgehead atoms. The molecule has 4 rings (SSSR count). The Morgan fingerprint density at radius 3 is 2.55 bits per heavy atom. The molecule has 3 aromatic rings. The van der Waals surface area contributed by atoms with Crippen molar-refractivity contribution in [2.24, 2.45) is 9.98 Å². The van der Waals surface area contributed by atoms with Crippen LogP contribution < -0.4 is 10.6 Å². The third-order valence-electron chi connectivity index (χ3n) is 4.67. The number of aliphatic hydroxyl groups is 1. The molecule has 1 amide bonds. The second-order valence-electron chi connectivity index (χ2n) is 6.52. The Morgan fingerprint density at radius 1 is 1.00 bits per heavy atom. The number of rotatable bonds is 4. The summed E-state index contributed by atoms with van der Waals surface area (Å²) in [4.78, 5) is 21.0. The number of amidine groups is 2. The first-order valence-corrected chi connectivity index (χ1v) is 9.22. The number of amides is 1. The lowest BCUT2D eigenvalue weighted by Crippen LogP contribution is -2.21. The highest BCUT2D eigenvalue weighted by molar-refractivity contribution is 6.24. The van der Waals surface area contributed by atoms with Crippen molar-refractivity contribution in [3.05, 3.63) is 95.1 Å². The predicted molar refractivity (Wildman–Crippen MR) is 115 cm³/mol. The van der Waals surface area contributed by atoms with Crippen LogP contribution in [0.15, 0.2) is 82.8 Å². The second kappa shape index (κ2) is 8.08. The van der Waals surface area contributed by atoms with E-state index in [0.717, 1.165) is 22.4 Å². The third kappa shape index (κ3) is 3.79. The minimum absolute atomic E-state index is 0.0658. The number of nitrogens with zero attached hydrogens (tertiary/aromatic N) is 2. The maximum absolute atomic E-state index is 12.1. The maximum atomic E-state index is 12.1. The molecule has 0 saturated carbocycles. The van der Waals surface area contributed by atoms with E-state index in [9.17, 15) is 9.90 Å². The monoisotopic (exact) mass is 384 g/mol.